The molecule has 0 aromatic rings. The first-order chi connectivity index (χ1) is 5.83. The van der Waals surface area contributed by atoms with Crippen LogP contribution in [-0.4, -0.2) is 25.0 Å². The lowest BCUT2D eigenvalue weighted by atomic mass is 9.75. The van der Waals surface area contributed by atoms with E-state index in [1.54, 1.807) is 0 Å². The lowest BCUT2D eigenvalue weighted by Gasteiger charge is -2.41. The van der Waals surface area contributed by atoms with Gasteiger partial charge in [0.2, 0.25) is 0 Å². The van der Waals surface area contributed by atoms with Gasteiger partial charge in [-0.25, -0.2) is 0 Å². The molecule has 0 aliphatic rings. The summed E-state index contributed by atoms with van der Waals surface area (Å²) >= 11 is 0. The maximum atomic E-state index is 2.39. The Bertz CT molecular complexity index is 128. The summed E-state index contributed by atoms with van der Waals surface area (Å²) in [6, 6.07) is 0.687. The van der Waals surface area contributed by atoms with Crippen LogP contribution in [0.2, 0.25) is 0 Å². The highest BCUT2D eigenvalue weighted by Gasteiger charge is 2.32. The average Bonchev–Trinajstić information content (AvgIpc) is 1.82. The summed E-state index contributed by atoms with van der Waals surface area (Å²) in [4.78, 5) is 2.38. The van der Waals surface area contributed by atoms with Gasteiger partial charge in [0.1, 0.15) is 0 Å². The highest BCUT2D eigenvalue weighted by molar-refractivity contribution is 4.85. The van der Waals surface area contributed by atoms with E-state index in [-0.39, 0.29) is 0 Å². The van der Waals surface area contributed by atoms with E-state index in [0.717, 1.165) is 5.92 Å². The molecule has 0 saturated heterocycles. The van der Waals surface area contributed by atoms with Crippen molar-refractivity contribution in [1.82, 2.24) is 4.90 Å². The van der Waals surface area contributed by atoms with Crippen LogP contribution >= 0.6 is 0 Å². The Morgan fingerprint density at radius 3 is 1.85 bits per heavy atom. The third-order valence-electron chi connectivity index (χ3n) is 2.88. The zero-order valence-corrected chi connectivity index (χ0v) is 10.5. The Balaban J connectivity index is 4.52. The van der Waals surface area contributed by atoms with Gasteiger partial charge in [-0.3, -0.25) is 0 Å². The van der Waals surface area contributed by atoms with E-state index < -0.39 is 0 Å². The number of hydrogen-bond donors (Lipinski definition) is 0. The molecule has 0 aliphatic carbocycles. The molecule has 0 N–H and O–H groups in total. The Labute approximate surface area is 84.5 Å². The molecular weight excluding hydrogens is 158 g/mol. The molecule has 1 unspecified atom stereocenters. The number of hydrogen-bond acceptors (Lipinski definition) is 1. The molecule has 0 bridgehead atoms. The second kappa shape index (κ2) is 4.99. The van der Waals surface area contributed by atoms with E-state index in [9.17, 15) is 0 Å². The van der Waals surface area contributed by atoms with Crippen molar-refractivity contribution in [2.45, 2.75) is 53.5 Å². The fourth-order valence-electron chi connectivity index (χ4n) is 2.99. The smallest absolute Gasteiger partial charge is 0.0163 e. The third kappa shape index (κ3) is 3.68. The second-order valence-corrected chi connectivity index (χ2v) is 5.39. The Morgan fingerprint density at radius 1 is 1.15 bits per heavy atom. The molecule has 0 radical (unpaired) electrons. The molecule has 13 heavy (non-hydrogen) atoms. The van der Waals surface area contributed by atoms with Crippen LogP contribution in [0.25, 0.3) is 0 Å². The molecule has 0 heterocycles. The molecule has 1 heteroatoms. The zero-order chi connectivity index (χ0) is 10.6. The van der Waals surface area contributed by atoms with Gasteiger partial charge >= 0.3 is 0 Å². The zero-order valence-electron chi connectivity index (χ0n) is 10.5. The molecular formula is C12H27N. The summed E-state index contributed by atoms with van der Waals surface area (Å²) in [5.41, 5.74) is 0.437. The summed E-state index contributed by atoms with van der Waals surface area (Å²) in [6.07, 6.45) is 2.60. The molecule has 1 nitrogen and oxygen atoms in total. The van der Waals surface area contributed by atoms with Gasteiger partial charge in [-0.2, -0.15) is 0 Å². The molecule has 0 aliphatic heterocycles. The predicted octanol–water partition coefficient (Wildman–Crippen LogP) is 3.40. The minimum Gasteiger partial charge on any atom is -0.306 e. The third-order valence-corrected chi connectivity index (χ3v) is 2.88. The Hall–Kier alpha value is -0.0400. The van der Waals surface area contributed by atoms with Crippen molar-refractivity contribution in [3.8, 4) is 0 Å². The van der Waals surface area contributed by atoms with E-state index in [2.05, 4.69) is 53.6 Å². The number of nitrogens with zero attached hydrogens (tertiary/aromatic N) is 1. The fourth-order valence-corrected chi connectivity index (χ4v) is 2.99. The minimum absolute atomic E-state index is 0.437. The van der Waals surface area contributed by atoms with Crippen molar-refractivity contribution in [3.05, 3.63) is 0 Å². The molecule has 0 amide bonds. The highest BCUT2D eigenvalue weighted by atomic mass is 15.1. The predicted molar refractivity (Wildman–Crippen MR) is 61.0 cm³/mol. The molecule has 1 atom stereocenters. The Morgan fingerprint density at radius 2 is 1.62 bits per heavy atom. The first kappa shape index (κ1) is 13.0. The van der Waals surface area contributed by atoms with Crippen LogP contribution in [0.15, 0.2) is 0 Å². The van der Waals surface area contributed by atoms with E-state index in [1.807, 2.05) is 0 Å². The van der Waals surface area contributed by atoms with Crippen molar-refractivity contribution in [3.63, 3.8) is 0 Å². The van der Waals surface area contributed by atoms with Gasteiger partial charge in [0.05, 0.1) is 0 Å². The molecule has 80 valence electrons. The normalized spacial score (nSPS) is 15.5. The topological polar surface area (TPSA) is 3.24 Å². The van der Waals surface area contributed by atoms with Crippen LogP contribution in [0, 0.1) is 11.3 Å². The molecule has 0 aromatic heterocycles. The summed E-state index contributed by atoms with van der Waals surface area (Å²) < 4.78 is 0. The van der Waals surface area contributed by atoms with Gasteiger partial charge in [-0.05, 0) is 31.8 Å². The monoisotopic (exact) mass is 185 g/mol. The standard InChI is InChI=1S/C12H27N/c1-8-9-12(4,5)11(10(2)3)13(6)7/h10-11H,8-9H2,1-7H3. The van der Waals surface area contributed by atoms with Crippen LogP contribution < -0.4 is 0 Å². The van der Waals surface area contributed by atoms with E-state index in [4.69, 9.17) is 0 Å². The van der Waals surface area contributed by atoms with Crippen LogP contribution in [0.4, 0.5) is 0 Å². The van der Waals surface area contributed by atoms with Crippen LogP contribution in [0.1, 0.15) is 47.5 Å². The largest absolute Gasteiger partial charge is 0.306 e. The van der Waals surface area contributed by atoms with E-state index >= 15 is 0 Å². The minimum atomic E-state index is 0.437. The fraction of sp³-hybridized carbons (Fsp3) is 1.00. The molecule has 0 spiro atoms. The van der Waals surface area contributed by atoms with Gasteiger partial charge in [-0.15, -0.1) is 0 Å². The molecule has 0 aromatic carbocycles. The summed E-state index contributed by atoms with van der Waals surface area (Å²) in [7, 11) is 4.39. The SMILES string of the molecule is CCCC(C)(C)C(C(C)C)N(C)C. The highest BCUT2D eigenvalue weighted by Crippen LogP contribution is 2.33. The summed E-state index contributed by atoms with van der Waals surface area (Å²) in [5.74, 6) is 0.733. The average molecular weight is 185 g/mol. The van der Waals surface area contributed by atoms with Gasteiger partial charge in [0.25, 0.3) is 0 Å². The van der Waals surface area contributed by atoms with Crippen molar-refractivity contribution in [1.29, 1.82) is 0 Å². The maximum absolute atomic E-state index is 2.39. The Kier molecular flexibility index (Phi) is 4.98. The number of rotatable bonds is 5. The van der Waals surface area contributed by atoms with Crippen LogP contribution in [0.5, 0.6) is 0 Å². The van der Waals surface area contributed by atoms with Crippen molar-refractivity contribution >= 4 is 0 Å². The van der Waals surface area contributed by atoms with Crippen molar-refractivity contribution in [2.24, 2.45) is 11.3 Å². The maximum Gasteiger partial charge on any atom is 0.0163 e. The van der Waals surface area contributed by atoms with E-state index in [0.29, 0.717) is 11.5 Å². The van der Waals surface area contributed by atoms with Gasteiger partial charge in [0.15, 0.2) is 0 Å². The molecule has 0 rings (SSSR count). The quantitative estimate of drug-likeness (QED) is 0.634. The van der Waals surface area contributed by atoms with Crippen LogP contribution in [0.3, 0.4) is 0 Å². The van der Waals surface area contributed by atoms with Crippen molar-refractivity contribution in [2.75, 3.05) is 14.1 Å². The van der Waals surface area contributed by atoms with Gasteiger partial charge < -0.3 is 4.90 Å². The van der Waals surface area contributed by atoms with Gasteiger partial charge in [-0.1, -0.05) is 41.0 Å². The van der Waals surface area contributed by atoms with Gasteiger partial charge in [0, 0.05) is 6.04 Å². The van der Waals surface area contributed by atoms with Crippen LogP contribution in [-0.2, 0) is 0 Å². The summed E-state index contributed by atoms with van der Waals surface area (Å²) in [6.45, 7) is 11.7. The first-order valence-electron chi connectivity index (χ1n) is 5.49. The molecule has 0 saturated carbocycles. The lowest BCUT2D eigenvalue weighted by molar-refractivity contribution is 0.0848. The molecule has 0 fully saturated rings. The van der Waals surface area contributed by atoms with Crippen molar-refractivity contribution < 1.29 is 0 Å². The lowest BCUT2D eigenvalue weighted by Crippen LogP contribution is -2.44. The first-order valence-corrected chi connectivity index (χ1v) is 5.49. The second-order valence-electron chi connectivity index (χ2n) is 5.39. The van der Waals surface area contributed by atoms with E-state index in [1.165, 1.54) is 12.8 Å². The summed E-state index contributed by atoms with van der Waals surface area (Å²) in [5, 5.41) is 0.